The summed E-state index contributed by atoms with van der Waals surface area (Å²) in [6.45, 7) is 4.21. The van der Waals surface area contributed by atoms with Crippen molar-refractivity contribution in [1.82, 2.24) is 0 Å². The molecule has 0 aliphatic rings. The fraction of sp³-hybridized carbons (Fsp3) is 0.462. The van der Waals surface area contributed by atoms with Gasteiger partial charge in [0.15, 0.2) is 0 Å². The van der Waals surface area contributed by atoms with Gasteiger partial charge in [0.1, 0.15) is 5.75 Å². The molecule has 1 atom stereocenters. The molecule has 94 valence electrons. The van der Waals surface area contributed by atoms with Crippen LogP contribution in [0.5, 0.6) is 5.75 Å². The third-order valence-electron chi connectivity index (χ3n) is 2.41. The van der Waals surface area contributed by atoms with Gasteiger partial charge in [0.25, 0.3) is 0 Å². The first-order valence-electron chi connectivity index (χ1n) is 5.71. The highest BCUT2D eigenvalue weighted by Gasteiger charge is 2.14. The Morgan fingerprint density at radius 3 is 2.71 bits per heavy atom. The van der Waals surface area contributed by atoms with Crippen molar-refractivity contribution < 1.29 is 14.6 Å². The molecule has 0 radical (unpaired) electrons. The maximum atomic E-state index is 10.7. The summed E-state index contributed by atoms with van der Waals surface area (Å²) in [5.74, 6) is -0.250. The average Bonchev–Trinajstić information content (AvgIpc) is 2.25. The molecule has 1 aromatic rings. The number of carboxylic acid groups (broad SMARTS) is 1. The topological polar surface area (TPSA) is 72.5 Å². The summed E-state index contributed by atoms with van der Waals surface area (Å²) >= 11 is 0. The molecule has 3 N–H and O–H groups in total. The lowest BCUT2D eigenvalue weighted by atomic mass is 9.96. The molecule has 0 heterocycles. The Labute approximate surface area is 101 Å². The van der Waals surface area contributed by atoms with Gasteiger partial charge in [0.2, 0.25) is 0 Å². The molecular formula is C13H19NO3. The molecule has 17 heavy (non-hydrogen) atoms. The molecule has 0 spiro atoms. The lowest BCUT2D eigenvalue weighted by molar-refractivity contribution is -0.137. The third kappa shape index (κ3) is 4.44. The first-order chi connectivity index (χ1) is 8.02. The van der Waals surface area contributed by atoms with Crippen LogP contribution >= 0.6 is 0 Å². The van der Waals surface area contributed by atoms with Gasteiger partial charge in [0.05, 0.1) is 12.5 Å². The number of hydrogen-bond donors (Lipinski definition) is 2. The SMILES string of the molecule is CC(C)Oc1cccc(C(CN)CC(=O)O)c1. The number of aliphatic carboxylic acids is 1. The van der Waals surface area contributed by atoms with Crippen molar-refractivity contribution in [3.8, 4) is 5.75 Å². The van der Waals surface area contributed by atoms with Crippen LogP contribution in [0.1, 0.15) is 31.7 Å². The number of benzene rings is 1. The van der Waals surface area contributed by atoms with E-state index in [1.165, 1.54) is 0 Å². The zero-order valence-electron chi connectivity index (χ0n) is 10.2. The fourth-order valence-electron chi connectivity index (χ4n) is 1.66. The molecule has 4 heteroatoms. The van der Waals surface area contributed by atoms with E-state index in [0.29, 0.717) is 6.54 Å². The number of ether oxygens (including phenoxy) is 1. The molecule has 0 amide bonds. The van der Waals surface area contributed by atoms with E-state index in [2.05, 4.69) is 0 Å². The molecule has 1 rings (SSSR count). The van der Waals surface area contributed by atoms with Crippen LogP contribution in [0.2, 0.25) is 0 Å². The van der Waals surface area contributed by atoms with Crippen LogP contribution in [0.15, 0.2) is 24.3 Å². The predicted molar refractivity (Wildman–Crippen MR) is 66.3 cm³/mol. The summed E-state index contributed by atoms with van der Waals surface area (Å²) in [4.78, 5) is 10.7. The Morgan fingerprint density at radius 1 is 1.47 bits per heavy atom. The summed E-state index contributed by atoms with van der Waals surface area (Å²) in [5, 5.41) is 8.80. The normalized spacial score (nSPS) is 12.5. The molecule has 0 fully saturated rings. The third-order valence-corrected chi connectivity index (χ3v) is 2.41. The molecule has 0 saturated heterocycles. The minimum atomic E-state index is -0.837. The monoisotopic (exact) mass is 237 g/mol. The molecule has 1 aromatic carbocycles. The first kappa shape index (κ1) is 13.5. The van der Waals surface area contributed by atoms with E-state index in [0.717, 1.165) is 11.3 Å². The first-order valence-corrected chi connectivity index (χ1v) is 5.71. The second kappa shape index (κ2) is 6.25. The van der Waals surface area contributed by atoms with Crippen LogP contribution in [0, 0.1) is 0 Å². The lowest BCUT2D eigenvalue weighted by Crippen LogP contribution is -2.16. The second-order valence-corrected chi connectivity index (χ2v) is 4.27. The van der Waals surface area contributed by atoms with Gasteiger partial charge in [-0.1, -0.05) is 12.1 Å². The Bertz CT molecular complexity index is 377. The highest BCUT2D eigenvalue weighted by molar-refractivity contribution is 5.68. The zero-order valence-corrected chi connectivity index (χ0v) is 10.2. The van der Waals surface area contributed by atoms with Crippen LogP contribution in [0.3, 0.4) is 0 Å². The van der Waals surface area contributed by atoms with Crippen LogP contribution in [0.4, 0.5) is 0 Å². The van der Waals surface area contributed by atoms with E-state index in [4.69, 9.17) is 15.6 Å². The maximum absolute atomic E-state index is 10.7. The van der Waals surface area contributed by atoms with E-state index >= 15 is 0 Å². The number of carboxylic acids is 1. The lowest BCUT2D eigenvalue weighted by Gasteiger charge is -2.15. The van der Waals surface area contributed by atoms with Gasteiger partial charge in [-0.2, -0.15) is 0 Å². The number of hydrogen-bond acceptors (Lipinski definition) is 3. The van der Waals surface area contributed by atoms with Gasteiger partial charge in [-0.15, -0.1) is 0 Å². The van der Waals surface area contributed by atoms with E-state index in [9.17, 15) is 4.79 Å². The van der Waals surface area contributed by atoms with E-state index in [-0.39, 0.29) is 18.4 Å². The maximum Gasteiger partial charge on any atom is 0.304 e. The van der Waals surface area contributed by atoms with E-state index in [1.54, 1.807) is 0 Å². The van der Waals surface area contributed by atoms with Crippen LogP contribution in [-0.4, -0.2) is 23.7 Å². The molecule has 1 unspecified atom stereocenters. The Morgan fingerprint density at radius 2 is 2.18 bits per heavy atom. The highest BCUT2D eigenvalue weighted by atomic mass is 16.5. The zero-order chi connectivity index (χ0) is 12.8. The van der Waals surface area contributed by atoms with Gasteiger partial charge < -0.3 is 15.6 Å². The Hall–Kier alpha value is -1.55. The van der Waals surface area contributed by atoms with Crippen molar-refractivity contribution in [2.45, 2.75) is 32.3 Å². The number of nitrogens with two attached hydrogens (primary N) is 1. The molecule has 0 aliphatic carbocycles. The average molecular weight is 237 g/mol. The number of carbonyl (C=O) groups is 1. The van der Waals surface area contributed by atoms with Gasteiger partial charge in [-0.3, -0.25) is 4.79 Å². The van der Waals surface area contributed by atoms with Gasteiger partial charge in [0, 0.05) is 5.92 Å². The van der Waals surface area contributed by atoms with Crippen molar-refractivity contribution in [2.24, 2.45) is 5.73 Å². The smallest absolute Gasteiger partial charge is 0.304 e. The van der Waals surface area contributed by atoms with Gasteiger partial charge in [-0.25, -0.2) is 0 Å². The van der Waals surface area contributed by atoms with Crippen molar-refractivity contribution in [3.05, 3.63) is 29.8 Å². The summed E-state index contributed by atoms with van der Waals surface area (Å²) in [7, 11) is 0. The molecule has 4 nitrogen and oxygen atoms in total. The van der Waals surface area contributed by atoms with Gasteiger partial charge in [-0.05, 0) is 38.1 Å². The number of rotatable bonds is 6. The summed E-state index contributed by atoms with van der Waals surface area (Å²) < 4.78 is 5.57. The highest BCUT2D eigenvalue weighted by Crippen LogP contribution is 2.23. The van der Waals surface area contributed by atoms with Gasteiger partial charge >= 0.3 is 5.97 Å². The largest absolute Gasteiger partial charge is 0.491 e. The van der Waals surface area contributed by atoms with Crippen molar-refractivity contribution in [3.63, 3.8) is 0 Å². The minimum absolute atomic E-state index is 0.0433. The molecular weight excluding hydrogens is 218 g/mol. The fourth-order valence-corrected chi connectivity index (χ4v) is 1.66. The molecule has 0 aliphatic heterocycles. The standard InChI is InChI=1S/C13H19NO3/c1-9(2)17-12-5-3-4-10(6-12)11(8-14)7-13(15)16/h3-6,9,11H,7-8,14H2,1-2H3,(H,15,16). The van der Waals surface area contributed by atoms with Crippen LogP contribution in [-0.2, 0) is 4.79 Å². The second-order valence-electron chi connectivity index (χ2n) is 4.27. The van der Waals surface area contributed by atoms with Crippen molar-refractivity contribution in [2.75, 3.05) is 6.54 Å². The van der Waals surface area contributed by atoms with Crippen molar-refractivity contribution in [1.29, 1.82) is 0 Å². The molecule has 0 aromatic heterocycles. The quantitative estimate of drug-likeness (QED) is 0.793. The van der Waals surface area contributed by atoms with E-state index in [1.807, 2.05) is 38.1 Å². The van der Waals surface area contributed by atoms with Crippen molar-refractivity contribution >= 4 is 5.97 Å². The molecule has 0 bridgehead atoms. The summed E-state index contributed by atoms with van der Waals surface area (Å²) in [6.07, 6.45) is 0.141. The van der Waals surface area contributed by atoms with Crippen LogP contribution < -0.4 is 10.5 Å². The predicted octanol–water partition coefficient (Wildman–Crippen LogP) is 1.99. The Kier molecular flexibility index (Phi) is 4.97. The summed E-state index contributed by atoms with van der Waals surface area (Å²) in [5.41, 5.74) is 6.51. The molecule has 0 saturated carbocycles. The summed E-state index contributed by atoms with van der Waals surface area (Å²) in [6, 6.07) is 7.46. The Balaban J connectivity index is 2.84. The van der Waals surface area contributed by atoms with E-state index < -0.39 is 5.97 Å². The van der Waals surface area contributed by atoms with Crippen LogP contribution in [0.25, 0.3) is 0 Å². The minimum Gasteiger partial charge on any atom is -0.491 e.